The highest BCUT2D eigenvalue weighted by atomic mass is 19.1. The van der Waals surface area contributed by atoms with E-state index in [1.54, 1.807) is 20.8 Å². The van der Waals surface area contributed by atoms with Crippen LogP contribution in [0.15, 0.2) is 10.9 Å². The van der Waals surface area contributed by atoms with Gasteiger partial charge in [-0.3, -0.25) is 9.59 Å². The molecule has 5 nitrogen and oxygen atoms in total. The van der Waals surface area contributed by atoms with Crippen LogP contribution in [-0.4, -0.2) is 18.0 Å². The van der Waals surface area contributed by atoms with E-state index in [4.69, 9.17) is 4.74 Å². The Bertz CT molecular complexity index is 503. The number of H-pyrrole nitrogens is 1. The zero-order valence-electron chi connectivity index (χ0n) is 10.9. The lowest BCUT2D eigenvalue weighted by Crippen LogP contribution is -2.35. The van der Waals surface area contributed by atoms with Crippen molar-refractivity contribution >= 4 is 5.91 Å². The van der Waals surface area contributed by atoms with E-state index in [2.05, 4.69) is 10.3 Å². The third-order valence-corrected chi connectivity index (χ3v) is 2.38. The molecule has 1 aromatic heterocycles. The van der Waals surface area contributed by atoms with Gasteiger partial charge in [-0.15, -0.1) is 0 Å². The molecule has 0 unspecified atom stereocenters. The van der Waals surface area contributed by atoms with Crippen LogP contribution in [0.3, 0.4) is 0 Å². The molecule has 1 aromatic rings. The molecule has 0 atom stereocenters. The van der Waals surface area contributed by atoms with E-state index in [1.165, 1.54) is 7.11 Å². The summed E-state index contributed by atoms with van der Waals surface area (Å²) in [6.07, 6.45) is 0. The normalized spacial score (nSPS) is 11.2. The summed E-state index contributed by atoms with van der Waals surface area (Å²) in [6, 6.07) is 1.14. The Balaban J connectivity index is 2.87. The van der Waals surface area contributed by atoms with Gasteiger partial charge in [-0.25, -0.2) is 0 Å². The summed E-state index contributed by atoms with van der Waals surface area (Å²) in [5, 5.41) is 2.52. The molecule has 0 saturated carbocycles. The molecule has 1 heterocycles. The minimum absolute atomic E-state index is 0.0448. The van der Waals surface area contributed by atoms with Gasteiger partial charge in [-0.05, 0) is 0 Å². The number of amides is 1. The van der Waals surface area contributed by atoms with E-state index in [0.29, 0.717) is 0 Å². The number of pyridine rings is 1. The minimum Gasteiger partial charge on any atom is -0.482 e. The molecule has 0 bridgehead atoms. The van der Waals surface area contributed by atoms with Gasteiger partial charge in [0.05, 0.1) is 19.2 Å². The first kappa shape index (κ1) is 14.2. The van der Waals surface area contributed by atoms with Crippen molar-refractivity contribution in [3.05, 3.63) is 27.8 Å². The summed E-state index contributed by atoms with van der Waals surface area (Å²) in [5.41, 5.74) is -1.22. The molecule has 0 aliphatic carbocycles. The van der Waals surface area contributed by atoms with E-state index in [1.807, 2.05) is 0 Å². The highest BCUT2D eigenvalue weighted by Gasteiger charge is 2.21. The Morgan fingerprint density at radius 3 is 2.56 bits per heavy atom. The van der Waals surface area contributed by atoms with Crippen LogP contribution in [0.5, 0.6) is 5.88 Å². The summed E-state index contributed by atoms with van der Waals surface area (Å²) in [5.74, 6) is -1.01. The van der Waals surface area contributed by atoms with E-state index in [0.717, 1.165) is 6.07 Å². The standard InChI is InChI=1S/C12H17FN2O3/c1-12(2,3)11(17)14-6-7-8(16)5-9(18-4)15-10(7)13/h5H,6H2,1-4H3,(H,14,17)(H,15,16). The molecule has 0 fully saturated rings. The van der Waals surface area contributed by atoms with Gasteiger partial charge < -0.3 is 15.0 Å². The number of nitrogens with one attached hydrogen (secondary N) is 2. The molecule has 18 heavy (non-hydrogen) atoms. The molecule has 0 aliphatic rings. The van der Waals surface area contributed by atoms with Crippen molar-refractivity contribution in [2.24, 2.45) is 5.41 Å². The molecule has 0 radical (unpaired) electrons. The first-order valence-electron chi connectivity index (χ1n) is 5.49. The van der Waals surface area contributed by atoms with Crippen LogP contribution < -0.4 is 15.5 Å². The fraction of sp³-hybridized carbons (Fsp3) is 0.500. The molecular formula is C12H17FN2O3. The topological polar surface area (TPSA) is 71.2 Å². The fourth-order valence-corrected chi connectivity index (χ4v) is 1.24. The van der Waals surface area contributed by atoms with Crippen LogP contribution in [0.1, 0.15) is 26.3 Å². The number of carbonyl (C=O) groups excluding carboxylic acids is 1. The van der Waals surface area contributed by atoms with Crippen LogP contribution in [-0.2, 0) is 11.3 Å². The Labute approximate surface area is 104 Å². The van der Waals surface area contributed by atoms with Crippen LogP contribution in [0.4, 0.5) is 4.39 Å². The largest absolute Gasteiger partial charge is 0.482 e. The second-order valence-corrected chi connectivity index (χ2v) is 4.93. The number of hydrogen-bond donors (Lipinski definition) is 2. The van der Waals surface area contributed by atoms with Gasteiger partial charge in [0.2, 0.25) is 11.9 Å². The molecule has 100 valence electrons. The van der Waals surface area contributed by atoms with Crippen LogP contribution >= 0.6 is 0 Å². The monoisotopic (exact) mass is 256 g/mol. The quantitative estimate of drug-likeness (QED) is 0.798. The van der Waals surface area contributed by atoms with Crippen LogP contribution in [0.2, 0.25) is 0 Å². The summed E-state index contributed by atoms with van der Waals surface area (Å²) in [4.78, 5) is 25.5. The van der Waals surface area contributed by atoms with Gasteiger partial charge in [0.1, 0.15) is 0 Å². The summed E-state index contributed by atoms with van der Waals surface area (Å²) in [6.45, 7) is 5.05. The molecule has 0 aromatic carbocycles. The van der Waals surface area contributed by atoms with Gasteiger partial charge in [0, 0.05) is 11.5 Å². The number of carbonyl (C=O) groups is 1. The van der Waals surface area contributed by atoms with E-state index >= 15 is 0 Å². The summed E-state index contributed by atoms with van der Waals surface area (Å²) < 4.78 is 18.3. The summed E-state index contributed by atoms with van der Waals surface area (Å²) >= 11 is 0. The predicted octanol–water partition coefficient (Wildman–Crippen LogP) is 1.18. The number of methoxy groups -OCH3 is 1. The highest BCUT2D eigenvalue weighted by molar-refractivity contribution is 5.81. The third-order valence-electron chi connectivity index (χ3n) is 2.38. The Kier molecular flexibility index (Phi) is 4.11. The van der Waals surface area contributed by atoms with Crippen molar-refractivity contribution in [3.8, 4) is 5.88 Å². The first-order chi connectivity index (χ1) is 8.25. The van der Waals surface area contributed by atoms with E-state index in [-0.39, 0.29) is 23.9 Å². The van der Waals surface area contributed by atoms with Gasteiger partial charge >= 0.3 is 0 Å². The van der Waals surface area contributed by atoms with Gasteiger partial charge in [0.25, 0.3) is 0 Å². The Morgan fingerprint density at radius 1 is 1.50 bits per heavy atom. The zero-order chi connectivity index (χ0) is 13.9. The second kappa shape index (κ2) is 5.20. The van der Waals surface area contributed by atoms with E-state index < -0.39 is 16.8 Å². The van der Waals surface area contributed by atoms with E-state index in [9.17, 15) is 14.0 Å². The molecule has 0 spiro atoms. The van der Waals surface area contributed by atoms with Crippen molar-refractivity contribution in [2.75, 3.05) is 7.11 Å². The molecule has 1 amide bonds. The molecule has 1 rings (SSSR count). The predicted molar refractivity (Wildman–Crippen MR) is 64.9 cm³/mol. The lowest BCUT2D eigenvalue weighted by atomic mass is 9.95. The smallest absolute Gasteiger partial charge is 0.225 e. The summed E-state index contributed by atoms with van der Waals surface area (Å²) in [7, 11) is 1.33. The molecule has 6 heteroatoms. The molecule has 2 N–H and O–H groups in total. The Morgan fingerprint density at radius 2 is 2.11 bits per heavy atom. The number of ether oxygens (including phenoxy) is 1. The average molecular weight is 256 g/mol. The van der Waals surface area contributed by atoms with Gasteiger partial charge in [-0.1, -0.05) is 20.8 Å². The second-order valence-electron chi connectivity index (χ2n) is 4.93. The average Bonchev–Trinajstić information content (AvgIpc) is 2.25. The number of halogens is 1. The Hall–Kier alpha value is -1.85. The highest BCUT2D eigenvalue weighted by Crippen LogP contribution is 2.13. The van der Waals surface area contributed by atoms with Crippen molar-refractivity contribution in [1.29, 1.82) is 0 Å². The fourth-order valence-electron chi connectivity index (χ4n) is 1.24. The minimum atomic E-state index is -0.798. The lowest BCUT2D eigenvalue weighted by Gasteiger charge is -2.17. The number of aromatic nitrogens is 1. The molecule has 0 aliphatic heterocycles. The maximum Gasteiger partial charge on any atom is 0.225 e. The maximum atomic E-state index is 13.6. The molecule has 0 saturated heterocycles. The number of hydrogen-bond acceptors (Lipinski definition) is 3. The van der Waals surface area contributed by atoms with Crippen LogP contribution in [0.25, 0.3) is 0 Å². The lowest BCUT2D eigenvalue weighted by molar-refractivity contribution is -0.128. The first-order valence-corrected chi connectivity index (χ1v) is 5.49. The number of aromatic amines is 1. The van der Waals surface area contributed by atoms with Crippen molar-refractivity contribution in [2.45, 2.75) is 27.3 Å². The van der Waals surface area contributed by atoms with Crippen molar-refractivity contribution in [1.82, 2.24) is 10.3 Å². The van der Waals surface area contributed by atoms with Crippen molar-refractivity contribution in [3.63, 3.8) is 0 Å². The van der Waals surface area contributed by atoms with Gasteiger partial charge in [-0.2, -0.15) is 4.39 Å². The maximum absolute atomic E-state index is 13.6. The zero-order valence-corrected chi connectivity index (χ0v) is 10.9. The van der Waals surface area contributed by atoms with Gasteiger partial charge in [0.15, 0.2) is 11.3 Å². The third kappa shape index (κ3) is 3.32. The SMILES string of the molecule is COc1cc(=O)c(CNC(=O)C(C)(C)C)c(F)[nH]1. The van der Waals surface area contributed by atoms with Crippen molar-refractivity contribution < 1.29 is 13.9 Å². The molecular weight excluding hydrogens is 239 g/mol. The number of rotatable bonds is 3. The van der Waals surface area contributed by atoms with Crippen LogP contribution in [0, 0.1) is 11.4 Å².